The molecule has 19 heavy (non-hydrogen) atoms. The Bertz CT molecular complexity index is 355. The van der Waals surface area contributed by atoms with Gasteiger partial charge in [0.05, 0.1) is 12.7 Å². The largest absolute Gasteiger partial charge is 0.373 e. The third-order valence-electron chi connectivity index (χ3n) is 3.87. The highest BCUT2D eigenvalue weighted by Crippen LogP contribution is 2.27. The van der Waals surface area contributed by atoms with Gasteiger partial charge >= 0.3 is 0 Å². The van der Waals surface area contributed by atoms with Crippen LogP contribution in [0.2, 0.25) is 0 Å². The molecule has 0 unspecified atom stereocenters. The summed E-state index contributed by atoms with van der Waals surface area (Å²) in [5.41, 5.74) is 0. The van der Waals surface area contributed by atoms with Crippen molar-refractivity contribution in [1.82, 2.24) is 5.32 Å². The van der Waals surface area contributed by atoms with E-state index >= 15 is 0 Å². The molecular formula is C16H27NOS. The van der Waals surface area contributed by atoms with Crippen LogP contribution in [0.1, 0.15) is 55.7 Å². The second-order valence-electron chi connectivity index (χ2n) is 5.74. The summed E-state index contributed by atoms with van der Waals surface area (Å²) in [6.45, 7) is 7.46. The third kappa shape index (κ3) is 5.25. The van der Waals surface area contributed by atoms with E-state index in [9.17, 15) is 0 Å². The third-order valence-corrected chi connectivity index (χ3v) is 4.93. The zero-order chi connectivity index (χ0) is 13.5. The van der Waals surface area contributed by atoms with Gasteiger partial charge in [-0.3, -0.25) is 0 Å². The van der Waals surface area contributed by atoms with Crippen LogP contribution in [0.3, 0.4) is 0 Å². The highest BCUT2D eigenvalue weighted by Gasteiger charge is 2.18. The summed E-state index contributed by atoms with van der Waals surface area (Å²) in [5.74, 6) is 0.901. The first-order chi connectivity index (χ1) is 9.28. The molecule has 0 saturated heterocycles. The van der Waals surface area contributed by atoms with Crippen molar-refractivity contribution in [3.63, 3.8) is 0 Å². The van der Waals surface area contributed by atoms with Gasteiger partial charge < -0.3 is 10.1 Å². The molecule has 1 aromatic heterocycles. The van der Waals surface area contributed by atoms with Crippen LogP contribution < -0.4 is 5.32 Å². The van der Waals surface area contributed by atoms with Crippen LogP contribution in [-0.4, -0.2) is 12.6 Å². The molecule has 1 saturated carbocycles. The zero-order valence-electron chi connectivity index (χ0n) is 12.3. The molecule has 0 aromatic carbocycles. The summed E-state index contributed by atoms with van der Waals surface area (Å²) in [5, 5.41) is 3.44. The molecule has 0 aliphatic heterocycles. The van der Waals surface area contributed by atoms with E-state index in [1.807, 2.05) is 11.3 Å². The minimum Gasteiger partial charge on any atom is -0.373 e. The SMILES string of the molecule is CCCNCc1ccc(COC2CCC(C)CC2)s1. The summed E-state index contributed by atoms with van der Waals surface area (Å²) in [6, 6.07) is 4.45. The van der Waals surface area contributed by atoms with E-state index in [0.29, 0.717) is 6.10 Å². The quantitative estimate of drug-likeness (QED) is 0.751. The molecule has 1 aliphatic rings. The van der Waals surface area contributed by atoms with E-state index in [0.717, 1.165) is 25.6 Å². The van der Waals surface area contributed by atoms with Crippen molar-refractivity contribution in [2.75, 3.05) is 6.54 Å². The van der Waals surface area contributed by atoms with Gasteiger partial charge in [-0.25, -0.2) is 0 Å². The lowest BCUT2D eigenvalue weighted by Gasteiger charge is -2.26. The van der Waals surface area contributed by atoms with Gasteiger partial charge in [0.1, 0.15) is 0 Å². The number of thiophene rings is 1. The smallest absolute Gasteiger partial charge is 0.0813 e. The minimum atomic E-state index is 0.500. The molecule has 3 heteroatoms. The van der Waals surface area contributed by atoms with Crippen molar-refractivity contribution in [3.8, 4) is 0 Å². The minimum absolute atomic E-state index is 0.500. The molecule has 0 radical (unpaired) electrons. The van der Waals surface area contributed by atoms with E-state index in [1.165, 1.54) is 41.9 Å². The fraction of sp³-hybridized carbons (Fsp3) is 0.750. The van der Waals surface area contributed by atoms with Crippen molar-refractivity contribution >= 4 is 11.3 Å². The van der Waals surface area contributed by atoms with E-state index in [-0.39, 0.29) is 0 Å². The predicted molar refractivity (Wildman–Crippen MR) is 82.5 cm³/mol. The summed E-state index contributed by atoms with van der Waals surface area (Å²) in [6.07, 6.45) is 6.86. The Labute approximate surface area is 121 Å². The highest BCUT2D eigenvalue weighted by molar-refractivity contribution is 7.11. The van der Waals surface area contributed by atoms with Crippen molar-refractivity contribution < 1.29 is 4.74 Å². The van der Waals surface area contributed by atoms with Crippen LogP contribution in [0, 0.1) is 5.92 Å². The van der Waals surface area contributed by atoms with Crippen LogP contribution in [0.15, 0.2) is 12.1 Å². The van der Waals surface area contributed by atoms with Gasteiger partial charge in [-0.2, -0.15) is 0 Å². The Morgan fingerprint density at radius 2 is 1.95 bits per heavy atom. The lowest BCUT2D eigenvalue weighted by molar-refractivity contribution is 0.0100. The molecule has 0 spiro atoms. The number of nitrogens with one attached hydrogen (secondary N) is 1. The molecule has 0 bridgehead atoms. The summed E-state index contributed by atoms with van der Waals surface area (Å²) in [7, 11) is 0. The number of rotatable bonds is 7. The van der Waals surface area contributed by atoms with E-state index in [1.54, 1.807) is 0 Å². The van der Waals surface area contributed by atoms with Gasteiger partial charge in [0.15, 0.2) is 0 Å². The maximum absolute atomic E-state index is 6.05. The fourth-order valence-corrected chi connectivity index (χ4v) is 3.49. The monoisotopic (exact) mass is 281 g/mol. The van der Waals surface area contributed by atoms with Crippen molar-refractivity contribution in [1.29, 1.82) is 0 Å². The van der Waals surface area contributed by atoms with Gasteiger partial charge in [-0.05, 0) is 56.7 Å². The molecule has 108 valence electrons. The lowest BCUT2D eigenvalue weighted by Crippen LogP contribution is -2.20. The molecule has 1 N–H and O–H groups in total. The van der Waals surface area contributed by atoms with Crippen molar-refractivity contribution in [3.05, 3.63) is 21.9 Å². The molecular weight excluding hydrogens is 254 g/mol. The first-order valence-corrected chi connectivity index (χ1v) is 8.49. The standard InChI is InChI=1S/C16H27NOS/c1-3-10-17-11-15-8-9-16(19-15)12-18-14-6-4-13(2)5-7-14/h8-9,13-14,17H,3-7,10-12H2,1-2H3. The average molecular weight is 281 g/mol. The van der Waals surface area contributed by atoms with E-state index in [4.69, 9.17) is 4.74 Å². The van der Waals surface area contributed by atoms with Gasteiger partial charge in [-0.1, -0.05) is 13.8 Å². The Kier molecular flexibility index (Phi) is 6.35. The maximum atomic E-state index is 6.05. The van der Waals surface area contributed by atoms with Crippen LogP contribution in [0.25, 0.3) is 0 Å². The summed E-state index contributed by atoms with van der Waals surface area (Å²) >= 11 is 1.88. The normalized spacial score (nSPS) is 23.7. The number of ether oxygens (including phenoxy) is 1. The summed E-state index contributed by atoms with van der Waals surface area (Å²) in [4.78, 5) is 2.79. The number of hydrogen-bond acceptors (Lipinski definition) is 3. The second-order valence-corrected chi connectivity index (χ2v) is 6.99. The molecule has 2 nitrogen and oxygen atoms in total. The molecule has 1 aromatic rings. The maximum Gasteiger partial charge on any atom is 0.0813 e. The average Bonchev–Trinajstić information content (AvgIpc) is 2.86. The van der Waals surface area contributed by atoms with Crippen molar-refractivity contribution in [2.24, 2.45) is 5.92 Å². The molecule has 0 amide bonds. The van der Waals surface area contributed by atoms with Crippen LogP contribution in [0.4, 0.5) is 0 Å². The molecule has 1 heterocycles. The van der Waals surface area contributed by atoms with Gasteiger partial charge in [-0.15, -0.1) is 11.3 Å². The van der Waals surface area contributed by atoms with Crippen molar-refractivity contribution in [2.45, 2.75) is 65.2 Å². The van der Waals surface area contributed by atoms with Crippen LogP contribution in [0.5, 0.6) is 0 Å². The Morgan fingerprint density at radius 1 is 1.21 bits per heavy atom. The molecule has 1 aliphatic carbocycles. The Morgan fingerprint density at radius 3 is 2.68 bits per heavy atom. The molecule has 1 fully saturated rings. The first-order valence-electron chi connectivity index (χ1n) is 7.67. The van der Waals surface area contributed by atoms with Gasteiger partial charge in [0.25, 0.3) is 0 Å². The molecule has 2 rings (SSSR count). The molecule has 0 atom stereocenters. The zero-order valence-corrected chi connectivity index (χ0v) is 13.1. The van der Waals surface area contributed by atoms with E-state index < -0.39 is 0 Å². The second kappa shape index (κ2) is 8.03. The Hall–Kier alpha value is -0.380. The van der Waals surface area contributed by atoms with Gasteiger partial charge in [0.2, 0.25) is 0 Å². The highest BCUT2D eigenvalue weighted by atomic mass is 32.1. The topological polar surface area (TPSA) is 21.3 Å². The van der Waals surface area contributed by atoms with Crippen LogP contribution >= 0.6 is 11.3 Å². The lowest BCUT2D eigenvalue weighted by atomic mass is 9.89. The predicted octanol–water partition coefficient (Wildman–Crippen LogP) is 4.34. The Balaban J connectivity index is 1.68. The van der Waals surface area contributed by atoms with Crippen LogP contribution in [-0.2, 0) is 17.9 Å². The fourth-order valence-electron chi connectivity index (χ4n) is 2.58. The van der Waals surface area contributed by atoms with Gasteiger partial charge in [0, 0.05) is 16.3 Å². The first kappa shape index (κ1) is 15.0. The summed E-state index contributed by atoms with van der Waals surface area (Å²) < 4.78 is 6.05. The van der Waals surface area contributed by atoms with E-state index in [2.05, 4.69) is 31.3 Å². The number of hydrogen-bond donors (Lipinski definition) is 1.